The maximum atomic E-state index is 12.6. The number of ether oxygens (including phenoxy) is 1. The lowest BCUT2D eigenvalue weighted by atomic mass is 10.0. The number of methoxy groups -OCH3 is 1. The summed E-state index contributed by atoms with van der Waals surface area (Å²) < 4.78 is 5.35. The van der Waals surface area contributed by atoms with Crippen molar-refractivity contribution in [3.8, 4) is 17.0 Å². The van der Waals surface area contributed by atoms with Crippen LogP contribution in [0.25, 0.3) is 11.3 Å². The number of anilines is 1. The molecule has 4 rings (SSSR count). The number of carbonyl (C=O) groups is 2. The zero-order chi connectivity index (χ0) is 23.2. The SMILES string of the molecule is COc1ccccc1-c1cc(C(=O)NCC(=O)N2CCC(Nc3ccccc3Cl)CC2)n[nH]1. The lowest BCUT2D eigenvalue weighted by Gasteiger charge is -2.33. The lowest BCUT2D eigenvalue weighted by molar-refractivity contribution is -0.131. The summed E-state index contributed by atoms with van der Waals surface area (Å²) in [6.45, 7) is 1.17. The van der Waals surface area contributed by atoms with E-state index in [9.17, 15) is 9.59 Å². The monoisotopic (exact) mass is 467 g/mol. The minimum Gasteiger partial charge on any atom is -0.496 e. The third-order valence-corrected chi connectivity index (χ3v) is 6.02. The third kappa shape index (κ3) is 5.46. The highest BCUT2D eigenvalue weighted by atomic mass is 35.5. The predicted octanol–water partition coefficient (Wildman–Crippen LogP) is 3.57. The quantitative estimate of drug-likeness (QED) is 0.493. The van der Waals surface area contributed by atoms with Crippen LogP contribution in [-0.4, -0.2) is 59.7 Å². The van der Waals surface area contributed by atoms with E-state index < -0.39 is 5.91 Å². The topological polar surface area (TPSA) is 99.3 Å². The first-order chi connectivity index (χ1) is 16.0. The molecule has 2 amide bonds. The molecule has 0 aliphatic carbocycles. The molecule has 0 atom stereocenters. The van der Waals surface area contributed by atoms with Gasteiger partial charge < -0.3 is 20.3 Å². The van der Waals surface area contributed by atoms with Gasteiger partial charge in [0.25, 0.3) is 5.91 Å². The number of nitrogens with one attached hydrogen (secondary N) is 3. The van der Waals surface area contributed by atoms with E-state index in [2.05, 4.69) is 20.8 Å². The fourth-order valence-corrected chi connectivity index (χ4v) is 4.06. The number of carbonyl (C=O) groups excluding carboxylic acids is 2. The molecule has 172 valence electrons. The van der Waals surface area contributed by atoms with E-state index in [0.29, 0.717) is 29.6 Å². The molecule has 1 aromatic heterocycles. The summed E-state index contributed by atoms with van der Waals surface area (Å²) >= 11 is 6.21. The molecule has 1 aliphatic heterocycles. The maximum Gasteiger partial charge on any atom is 0.272 e. The highest BCUT2D eigenvalue weighted by Gasteiger charge is 2.24. The molecular weight excluding hydrogens is 442 g/mol. The summed E-state index contributed by atoms with van der Waals surface area (Å²) in [7, 11) is 1.59. The summed E-state index contributed by atoms with van der Waals surface area (Å²) in [6, 6.07) is 17.0. The first-order valence-electron chi connectivity index (χ1n) is 10.8. The summed E-state index contributed by atoms with van der Waals surface area (Å²) in [6.07, 6.45) is 1.62. The van der Waals surface area contributed by atoms with Crippen molar-refractivity contribution in [2.45, 2.75) is 18.9 Å². The van der Waals surface area contributed by atoms with Gasteiger partial charge >= 0.3 is 0 Å². The number of amides is 2. The summed E-state index contributed by atoms with van der Waals surface area (Å²) in [5.74, 6) is 0.159. The van der Waals surface area contributed by atoms with Crippen LogP contribution in [0.2, 0.25) is 5.02 Å². The van der Waals surface area contributed by atoms with E-state index in [-0.39, 0.29) is 24.2 Å². The van der Waals surface area contributed by atoms with Gasteiger partial charge in [-0.3, -0.25) is 14.7 Å². The Kier molecular flexibility index (Phi) is 7.14. The normalized spacial score (nSPS) is 14.1. The smallest absolute Gasteiger partial charge is 0.272 e. The first kappa shape index (κ1) is 22.7. The second-order valence-electron chi connectivity index (χ2n) is 7.83. The van der Waals surface area contributed by atoms with Gasteiger partial charge in [0.05, 0.1) is 30.1 Å². The van der Waals surface area contributed by atoms with Crippen LogP contribution in [0.4, 0.5) is 5.69 Å². The Morgan fingerprint density at radius 1 is 1.15 bits per heavy atom. The van der Waals surface area contributed by atoms with E-state index in [1.54, 1.807) is 18.1 Å². The number of benzene rings is 2. The summed E-state index contributed by atoms with van der Waals surface area (Å²) in [4.78, 5) is 26.9. The number of hydrogen-bond donors (Lipinski definition) is 3. The number of likely N-dealkylation sites (tertiary alicyclic amines) is 1. The van der Waals surface area contributed by atoms with Crippen LogP contribution in [0.15, 0.2) is 54.6 Å². The van der Waals surface area contributed by atoms with Gasteiger partial charge in [-0.05, 0) is 43.2 Å². The number of piperidine rings is 1. The van der Waals surface area contributed by atoms with Gasteiger partial charge in [0.2, 0.25) is 5.91 Å². The van der Waals surface area contributed by atoms with Crippen molar-refractivity contribution in [2.75, 3.05) is 32.1 Å². The number of para-hydroxylation sites is 2. The van der Waals surface area contributed by atoms with Crippen molar-refractivity contribution in [3.63, 3.8) is 0 Å². The molecule has 9 heteroatoms. The van der Waals surface area contributed by atoms with Crippen LogP contribution >= 0.6 is 11.6 Å². The zero-order valence-corrected chi connectivity index (χ0v) is 19.1. The van der Waals surface area contributed by atoms with E-state index >= 15 is 0 Å². The van der Waals surface area contributed by atoms with Gasteiger partial charge in [0.15, 0.2) is 5.69 Å². The molecule has 2 heterocycles. The van der Waals surface area contributed by atoms with E-state index in [4.69, 9.17) is 16.3 Å². The van der Waals surface area contributed by atoms with Crippen molar-refractivity contribution in [3.05, 3.63) is 65.3 Å². The van der Waals surface area contributed by atoms with Crippen LogP contribution in [-0.2, 0) is 4.79 Å². The van der Waals surface area contributed by atoms with Crippen molar-refractivity contribution in [1.29, 1.82) is 0 Å². The molecule has 0 radical (unpaired) electrons. The second kappa shape index (κ2) is 10.4. The van der Waals surface area contributed by atoms with Crippen LogP contribution in [0.1, 0.15) is 23.3 Å². The molecule has 0 saturated carbocycles. The molecule has 1 saturated heterocycles. The second-order valence-corrected chi connectivity index (χ2v) is 8.24. The Bertz CT molecular complexity index is 1120. The Morgan fingerprint density at radius 3 is 2.64 bits per heavy atom. The number of rotatable bonds is 7. The number of nitrogens with zero attached hydrogens (tertiary/aromatic N) is 2. The van der Waals surface area contributed by atoms with Crippen LogP contribution < -0.4 is 15.4 Å². The molecule has 0 spiro atoms. The molecule has 0 unspecified atom stereocenters. The molecule has 1 fully saturated rings. The number of hydrogen-bond acceptors (Lipinski definition) is 5. The fraction of sp³-hybridized carbons (Fsp3) is 0.292. The van der Waals surface area contributed by atoms with E-state index in [1.165, 1.54) is 0 Å². The van der Waals surface area contributed by atoms with Gasteiger partial charge in [0, 0.05) is 24.7 Å². The Hall–Kier alpha value is -3.52. The molecule has 1 aliphatic rings. The van der Waals surface area contributed by atoms with Gasteiger partial charge in [-0.25, -0.2) is 0 Å². The molecule has 3 N–H and O–H groups in total. The largest absolute Gasteiger partial charge is 0.496 e. The number of halogens is 1. The van der Waals surface area contributed by atoms with Crippen LogP contribution in [0, 0.1) is 0 Å². The highest BCUT2D eigenvalue weighted by Crippen LogP contribution is 2.28. The predicted molar refractivity (Wildman–Crippen MR) is 128 cm³/mol. The average molecular weight is 468 g/mol. The lowest BCUT2D eigenvalue weighted by Crippen LogP contribution is -2.46. The number of H-pyrrole nitrogens is 1. The summed E-state index contributed by atoms with van der Waals surface area (Å²) in [5, 5.41) is 13.7. The van der Waals surface area contributed by atoms with Crippen LogP contribution in [0.5, 0.6) is 5.75 Å². The van der Waals surface area contributed by atoms with Crippen molar-refractivity contribution >= 4 is 29.1 Å². The van der Waals surface area contributed by atoms with Crippen molar-refractivity contribution in [1.82, 2.24) is 20.4 Å². The van der Waals surface area contributed by atoms with Crippen molar-refractivity contribution < 1.29 is 14.3 Å². The molecule has 8 nitrogen and oxygen atoms in total. The van der Waals surface area contributed by atoms with Crippen LogP contribution in [0.3, 0.4) is 0 Å². The van der Waals surface area contributed by atoms with Gasteiger partial charge in [-0.15, -0.1) is 0 Å². The van der Waals surface area contributed by atoms with E-state index in [0.717, 1.165) is 24.1 Å². The van der Waals surface area contributed by atoms with Gasteiger partial charge in [-0.2, -0.15) is 5.10 Å². The number of aromatic nitrogens is 2. The molecule has 0 bridgehead atoms. The first-order valence-corrected chi connectivity index (χ1v) is 11.2. The Morgan fingerprint density at radius 2 is 1.88 bits per heavy atom. The molecular formula is C24H26ClN5O3. The fourth-order valence-electron chi connectivity index (χ4n) is 3.87. The van der Waals surface area contributed by atoms with E-state index in [1.807, 2.05) is 48.5 Å². The zero-order valence-electron chi connectivity index (χ0n) is 18.3. The maximum absolute atomic E-state index is 12.6. The standard InChI is InChI=1S/C24H26ClN5O3/c1-33-22-9-5-2-6-17(22)20-14-21(29-28-20)24(32)26-15-23(31)30-12-10-16(11-13-30)27-19-8-4-3-7-18(19)25/h2-9,14,16,27H,10-13,15H2,1H3,(H,26,32)(H,28,29). The minimum absolute atomic E-state index is 0.0711. The number of aromatic amines is 1. The highest BCUT2D eigenvalue weighted by molar-refractivity contribution is 6.33. The van der Waals surface area contributed by atoms with Crippen molar-refractivity contribution in [2.24, 2.45) is 0 Å². The third-order valence-electron chi connectivity index (χ3n) is 5.69. The molecule has 2 aromatic carbocycles. The Balaban J connectivity index is 1.26. The van der Waals surface area contributed by atoms with Gasteiger partial charge in [0.1, 0.15) is 5.75 Å². The summed E-state index contributed by atoms with van der Waals surface area (Å²) in [5.41, 5.74) is 2.59. The molecule has 33 heavy (non-hydrogen) atoms. The Labute approximate surface area is 197 Å². The average Bonchev–Trinajstić information content (AvgIpc) is 3.34. The molecule has 3 aromatic rings. The van der Waals surface area contributed by atoms with Gasteiger partial charge in [-0.1, -0.05) is 35.9 Å². The minimum atomic E-state index is -0.406.